The predicted molar refractivity (Wildman–Crippen MR) is 74.6 cm³/mol. The van der Waals surface area contributed by atoms with Crippen molar-refractivity contribution in [1.29, 1.82) is 0 Å². The Kier molecular flexibility index (Phi) is 4.19. The molecule has 0 atom stereocenters. The van der Waals surface area contributed by atoms with Crippen LogP contribution >= 0.6 is 27.3 Å². The minimum Gasteiger partial charge on any atom is -0.491 e. The number of aryl methyl sites for hydroxylation is 1. The van der Waals surface area contributed by atoms with Gasteiger partial charge in [0.1, 0.15) is 11.6 Å². The Labute approximate surface area is 117 Å². The number of nitrogens with zero attached hydrogens (tertiary/aromatic N) is 1. The summed E-state index contributed by atoms with van der Waals surface area (Å²) in [6.45, 7) is 2.41. The second-order valence-electron chi connectivity index (χ2n) is 3.76. The van der Waals surface area contributed by atoms with E-state index in [-0.39, 0.29) is 5.82 Å². The van der Waals surface area contributed by atoms with Gasteiger partial charge < -0.3 is 10.5 Å². The third-order valence-corrected chi connectivity index (χ3v) is 4.09. The van der Waals surface area contributed by atoms with Gasteiger partial charge in [0.2, 0.25) is 0 Å². The van der Waals surface area contributed by atoms with Crippen molar-refractivity contribution in [3.05, 3.63) is 38.5 Å². The maximum Gasteiger partial charge on any atom is 0.145 e. The molecular weight excluding hydrogens is 319 g/mol. The van der Waals surface area contributed by atoms with Gasteiger partial charge in [0, 0.05) is 17.4 Å². The van der Waals surface area contributed by atoms with E-state index in [0.29, 0.717) is 22.5 Å². The van der Waals surface area contributed by atoms with E-state index in [0.717, 1.165) is 12.1 Å². The molecule has 1 aromatic heterocycles. The summed E-state index contributed by atoms with van der Waals surface area (Å²) in [5.74, 6) is -0.00830. The van der Waals surface area contributed by atoms with Crippen LogP contribution < -0.4 is 10.5 Å². The first-order valence-corrected chi connectivity index (χ1v) is 7.01. The minimum atomic E-state index is -0.381. The van der Waals surface area contributed by atoms with E-state index in [9.17, 15) is 4.39 Å². The molecule has 2 N–H and O–H groups in total. The number of hydrogen-bond acceptors (Lipinski definition) is 4. The maximum absolute atomic E-state index is 13.3. The fourth-order valence-electron chi connectivity index (χ4n) is 1.49. The fraction of sp³-hybridized carbons (Fsp3) is 0.250. The number of anilines is 1. The molecule has 2 rings (SSSR count). The molecule has 96 valence electrons. The average Bonchev–Trinajstić information content (AvgIpc) is 2.72. The highest BCUT2D eigenvalue weighted by atomic mass is 79.9. The number of hydrogen-bond donors (Lipinski definition) is 1. The van der Waals surface area contributed by atoms with E-state index < -0.39 is 0 Å². The van der Waals surface area contributed by atoms with Gasteiger partial charge in [-0.2, -0.15) is 0 Å². The number of benzene rings is 1. The summed E-state index contributed by atoms with van der Waals surface area (Å²) in [6, 6.07) is 2.79. The van der Waals surface area contributed by atoms with Gasteiger partial charge in [0.25, 0.3) is 0 Å². The molecule has 1 heterocycles. The maximum atomic E-state index is 13.3. The van der Waals surface area contributed by atoms with Crippen molar-refractivity contribution < 1.29 is 9.13 Å². The normalized spacial score (nSPS) is 10.6. The van der Waals surface area contributed by atoms with Crippen LogP contribution in [0.15, 0.2) is 22.1 Å². The third kappa shape index (κ3) is 3.00. The molecule has 2 aromatic rings. The van der Waals surface area contributed by atoms with Crippen LogP contribution in [0.4, 0.5) is 10.1 Å². The third-order valence-electron chi connectivity index (χ3n) is 2.48. The molecule has 0 aliphatic rings. The number of nitrogen functional groups attached to an aromatic ring is 1. The molecule has 0 bridgehead atoms. The zero-order valence-corrected chi connectivity index (χ0v) is 12.1. The molecule has 0 spiro atoms. The van der Waals surface area contributed by atoms with Crippen molar-refractivity contribution in [3.8, 4) is 5.75 Å². The van der Waals surface area contributed by atoms with Crippen molar-refractivity contribution in [2.45, 2.75) is 13.3 Å². The van der Waals surface area contributed by atoms with E-state index in [2.05, 4.69) is 20.9 Å². The molecule has 0 radical (unpaired) electrons. The first-order valence-electron chi connectivity index (χ1n) is 5.34. The second kappa shape index (κ2) is 5.67. The monoisotopic (exact) mass is 330 g/mol. The Bertz CT molecular complexity index is 559. The number of nitrogens with two attached hydrogens (primary N) is 1. The Hall–Kier alpha value is -1.14. The molecule has 0 aliphatic heterocycles. The first kappa shape index (κ1) is 13.3. The number of aromatic nitrogens is 1. The van der Waals surface area contributed by atoms with Crippen molar-refractivity contribution in [2.24, 2.45) is 0 Å². The highest BCUT2D eigenvalue weighted by Crippen LogP contribution is 2.28. The summed E-state index contributed by atoms with van der Waals surface area (Å²) in [6.07, 6.45) is 0.744. The molecule has 0 aliphatic carbocycles. The van der Waals surface area contributed by atoms with Crippen LogP contribution in [0.25, 0.3) is 0 Å². The average molecular weight is 331 g/mol. The van der Waals surface area contributed by atoms with Gasteiger partial charge in [-0.25, -0.2) is 9.37 Å². The van der Waals surface area contributed by atoms with Crippen LogP contribution in [-0.2, 0) is 6.42 Å². The van der Waals surface area contributed by atoms with E-state index in [1.165, 1.54) is 17.0 Å². The van der Waals surface area contributed by atoms with Crippen molar-refractivity contribution in [2.75, 3.05) is 12.3 Å². The van der Waals surface area contributed by atoms with E-state index >= 15 is 0 Å². The molecule has 6 heteroatoms. The van der Waals surface area contributed by atoms with Crippen LogP contribution in [0.1, 0.15) is 10.6 Å². The van der Waals surface area contributed by atoms with E-state index in [4.69, 9.17) is 10.5 Å². The lowest BCUT2D eigenvalue weighted by Gasteiger charge is -2.09. The predicted octanol–water partition coefficient (Wildman–Crippen LogP) is 3.56. The number of rotatable bonds is 4. The number of halogens is 2. The van der Waals surface area contributed by atoms with Gasteiger partial charge in [-0.1, -0.05) is 0 Å². The zero-order valence-electron chi connectivity index (χ0n) is 9.74. The molecular formula is C12H12BrFN2OS. The lowest BCUT2D eigenvalue weighted by atomic mass is 10.3. The molecule has 1 aromatic carbocycles. The van der Waals surface area contributed by atoms with Crippen LogP contribution in [0.5, 0.6) is 5.75 Å². The summed E-state index contributed by atoms with van der Waals surface area (Å²) >= 11 is 4.66. The quantitative estimate of drug-likeness (QED) is 0.872. The number of ether oxygens (including phenoxy) is 1. The summed E-state index contributed by atoms with van der Waals surface area (Å²) in [5, 5.41) is 0. The lowest BCUT2D eigenvalue weighted by molar-refractivity contribution is 0.322. The minimum absolute atomic E-state index is 0.339. The summed E-state index contributed by atoms with van der Waals surface area (Å²) in [7, 11) is 0. The topological polar surface area (TPSA) is 48.1 Å². The molecule has 0 saturated carbocycles. The smallest absolute Gasteiger partial charge is 0.145 e. The Morgan fingerprint density at radius 1 is 1.50 bits per heavy atom. The SMILES string of the molecule is Cc1ncsc1CCOc1cc(F)c(Br)cc1N. The van der Waals surface area contributed by atoms with Crippen LogP contribution in [0.2, 0.25) is 0 Å². The highest BCUT2D eigenvalue weighted by Gasteiger charge is 2.08. The van der Waals surface area contributed by atoms with Crippen LogP contribution in [0.3, 0.4) is 0 Å². The lowest BCUT2D eigenvalue weighted by Crippen LogP contribution is -2.04. The van der Waals surface area contributed by atoms with E-state index in [1.807, 2.05) is 6.92 Å². The zero-order chi connectivity index (χ0) is 13.1. The molecule has 0 fully saturated rings. The standard InChI is InChI=1S/C12H12BrFN2OS/c1-7-12(18-6-16-7)2-3-17-11-5-9(14)8(13)4-10(11)15/h4-6H,2-3,15H2,1H3. The Balaban J connectivity index is 1.99. The van der Waals surface area contributed by atoms with Crippen molar-refractivity contribution >= 4 is 33.0 Å². The van der Waals surface area contributed by atoms with Crippen LogP contribution in [-0.4, -0.2) is 11.6 Å². The molecule has 3 nitrogen and oxygen atoms in total. The molecule has 0 saturated heterocycles. The fourth-order valence-corrected chi connectivity index (χ4v) is 2.61. The van der Waals surface area contributed by atoms with Gasteiger partial charge >= 0.3 is 0 Å². The summed E-state index contributed by atoms with van der Waals surface area (Å²) < 4.78 is 19.2. The van der Waals surface area contributed by atoms with Gasteiger partial charge in [-0.3, -0.25) is 0 Å². The second-order valence-corrected chi connectivity index (χ2v) is 5.56. The van der Waals surface area contributed by atoms with Gasteiger partial charge in [0.15, 0.2) is 0 Å². The summed E-state index contributed by atoms with van der Waals surface area (Å²) in [5.41, 5.74) is 8.99. The van der Waals surface area contributed by atoms with Gasteiger partial charge in [-0.05, 0) is 28.9 Å². The largest absolute Gasteiger partial charge is 0.491 e. The van der Waals surface area contributed by atoms with Crippen LogP contribution in [0, 0.1) is 12.7 Å². The van der Waals surface area contributed by atoms with Crippen molar-refractivity contribution in [1.82, 2.24) is 4.98 Å². The molecule has 0 amide bonds. The van der Waals surface area contributed by atoms with Gasteiger partial charge in [-0.15, -0.1) is 11.3 Å². The Morgan fingerprint density at radius 2 is 2.28 bits per heavy atom. The molecule has 18 heavy (non-hydrogen) atoms. The highest BCUT2D eigenvalue weighted by molar-refractivity contribution is 9.10. The summed E-state index contributed by atoms with van der Waals surface area (Å²) in [4.78, 5) is 5.33. The first-order chi connectivity index (χ1) is 8.58. The Morgan fingerprint density at radius 3 is 2.94 bits per heavy atom. The molecule has 0 unspecified atom stereocenters. The van der Waals surface area contributed by atoms with Crippen molar-refractivity contribution in [3.63, 3.8) is 0 Å². The van der Waals surface area contributed by atoms with Gasteiger partial charge in [0.05, 0.1) is 28.0 Å². The number of thiazole rings is 1. The van der Waals surface area contributed by atoms with E-state index in [1.54, 1.807) is 16.8 Å².